The van der Waals surface area contributed by atoms with Gasteiger partial charge in [-0.2, -0.15) is 13.2 Å². The van der Waals surface area contributed by atoms with E-state index >= 15 is 0 Å². The molecule has 7 nitrogen and oxygen atoms in total. The minimum Gasteiger partial charge on any atom is -0.361 e. The molecule has 160 valence electrons. The van der Waals surface area contributed by atoms with Gasteiger partial charge in [0.1, 0.15) is 12.4 Å². The Bertz CT molecular complexity index is 803. The zero-order chi connectivity index (χ0) is 21.8. The molecule has 1 aromatic heterocycles. The van der Waals surface area contributed by atoms with E-state index < -0.39 is 24.1 Å². The van der Waals surface area contributed by atoms with E-state index in [1.54, 1.807) is 31.1 Å². The summed E-state index contributed by atoms with van der Waals surface area (Å²) in [5, 5.41) is 16.0. The molecule has 2 atom stereocenters. The van der Waals surface area contributed by atoms with E-state index in [2.05, 4.69) is 15.6 Å². The molecule has 0 saturated carbocycles. The Kier molecular flexibility index (Phi) is 7.26. The summed E-state index contributed by atoms with van der Waals surface area (Å²) in [6.07, 6.45) is -2.40. The summed E-state index contributed by atoms with van der Waals surface area (Å²) in [6, 6.07) is 3.96. The maximum absolute atomic E-state index is 12.7. The predicted molar refractivity (Wildman–Crippen MR) is 103 cm³/mol. The number of anilines is 1. The van der Waals surface area contributed by atoms with E-state index in [0.717, 1.165) is 12.1 Å². The van der Waals surface area contributed by atoms with Crippen molar-refractivity contribution in [3.05, 3.63) is 48.0 Å². The van der Waals surface area contributed by atoms with E-state index in [4.69, 9.17) is 0 Å². The highest BCUT2D eigenvalue weighted by Gasteiger charge is 2.30. The van der Waals surface area contributed by atoms with Gasteiger partial charge in [0.15, 0.2) is 6.35 Å². The zero-order valence-corrected chi connectivity index (χ0v) is 16.7. The molecule has 0 radical (unpaired) electrons. The number of carbonyl (C=O) groups is 1. The van der Waals surface area contributed by atoms with Crippen LogP contribution in [0.5, 0.6) is 0 Å². The number of aliphatic hydroxyl groups is 1. The Hall–Kier alpha value is -2.59. The van der Waals surface area contributed by atoms with Gasteiger partial charge in [0.2, 0.25) is 5.91 Å². The number of alkyl halides is 3. The zero-order valence-electron chi connectivity index (χ0n) is 16.7. The van der Waals surface area contributed by atoms with Gasteiger partial charge in [-0.05, 0) is 30.2 Å². The molecule has 29 heavy (non-hydrogen) atoms. The number of nitrogens with zero attached hydrogens (tertiary/aromatic N) is 3. The monoisotopic (exact) mass is 413 g/mol. The van der Waals surface area contributed by atoms with Crippen molar-refractivity contribution in [3.8, 4) is 0 Å². The molecular formula is C19H26F3N5O2. The van der Waals surface area contributed by atoms with Gasteiger partial charge in [0, 0.05) is 32.2 Å². The van der Waals surface area contributed by atoms with Gasteiger partial charge >= 0.3 is 6.18 Å². The summed E-state index contributed by atoms with van der Waals surface area (Å²) in [5.41, 5.74) is -0.440. The third-order valence-corrected chi connectivity index (χ3v) is 4.35. The quantitative estimate of drug-likeness (QED) is 0.580. The normalized spacial score (nSPS) is 14.0. The van der Waals surface area contributed by atoms with E-state index in [1.165, 1.54) is 17.0 Å². The largest absolute Gasteiger partial charge is 0.416 e. The average molecular weight is 413 g/mol. The maximum Gasteiger partial charge on any atom is 0.416 e. The summed E-state index contributed by atoms with van der Waals surface area (Å²) >= 11 is 0. The number of amides is 1. The fraction of sp³-hybridized carbons (Fsp3) is 0.474. The molecule has 0 spiro atoms. The Morgan fingerprint density at radius 3 is 2.38 bits per heavy atom. The van der Waals surface area contributed by atoms with E-state index in [-0.39, 0.29) is 18.4 Å². The van der Waals surface area contributed by atoms with Crippen molar-refractivity contribution in [1.82, 2.24) is 19.8 Å². The highest BCUT2D eigenvalue weighted by molar-refractivity contribution is 5.75. The van der Waals surface area contributed by atoms with E-state index in [1.807, 2.05) is 13.8 Å². The first kappa shape index (κ1) is 22.7. The second-order valence-electron chi connectivity index (χ2n) is 7.21. The second-order valence-corrected chi connectivity index (χ2v) is 7.21. The molecule has 2 aromatic rings. The lowest BCUT2D eigenvalue weighted by Crippen LogP contribution is -2.42. The number of rotatable bonds is 8. The Morgan fingerprint density at radius 1 is 1.24 bits per heavy atom. The van der Waals surface area contributed by atoms with Crippen molar-refractivity contribution in [2.24, 2.45) is 5.92 Å². The number of halogens is 3. The van der Waals surface area contributed by atoms with Crippen LogP contribution < -0.4 is 10.6 Å². The summed E-state index contributed by atoms with van der Waals surface area (Å²) in [6.45, 7) is 3.96. The van der Waals surface area contributed by atoms with Crippen molar-refractivity contribution in [1.29, 1.82) is 0 Å². The number of likely N-dealkylation sites (N-methyl/N-ethyl adjacent to an activating group) is 1. The van der Waals surface area contributed by atoms with Crippen LogP contribution >= 0.6 is 0 Å². The summed E-state index contributed by atoms with van der Waals surface area (Å²) in [4.78, 5) is 17.8. The fourth-order valence-electron chi connectivity index (χ4n) is 2.71. The van der Waals surface area contributed by atoms with Gasteiger partial charge in [-0.25, -0.2) is 4.98 Å². The van der Waals surface area contributed by atoms with Crippen LogP contribution in [0.15, 0.2) is 36.7 Å². The summed E-state index contributed by atoms with van der Waals surface area (Å²) in [7, 11) is 3.32. The van der Waals surface area contributed by atoms with Gasteiger partial charge in [0.05, 0.1) is 11.6 Å². The van der Waals surface area contributed by atoms with Crippen LogP contribution in [0.4, 0.5) is 18.9 Å². The third-order valence-electron chi connectivity index (χ3n) is 4.35. The number of carbonyl (C=O) groups excluding carboxylic acids is 1. The number of hydrogen-bond donors (Lipinski definition) is 3. The summed E-state index contributed by atoms with van der Waals surface area (Å²) < 4.78 is 39.7. The van der Waals surface area contributed by atoms with Gasteiger partial charge in [-0.3, -0.25) is 10.1 Å². The van der Waals surface area contributed by atoms with Gasteiger partial charge in [-0.15, -0.1) is 0 Å². The number of benzene rings is 1. The molecular weight excluding hydrogens is 387 g/mol. The predicted octanol–water partition coefficient (Wildman–Crippen LogP) is 2.66. The third kappa shape index (κ3) is 6.20. The van der Waals surface area contributed by atoms with Crippen molar-refractivity contribution >= 4 is 11.6 Å². The molecule has 10 heteroatoms. The molecule has 0 bridgehead atoms. The number of aliphatic hydroxyl groups excluding tert-OH is 1. The van der Waals surface area contributed by atoms with Crippen molar-refractivity contribution < 1.29 is 23.1 Å². The lowest BCUT2D eigenvalue weighted by molar-refractivity contribution is -0.137. The Balaban J connectivity index is 2.09. The van der Waals surface area contributed by atoms with Crippen LogP contribution in [0.25, 0.3) is 0 Å². The van der Waals surface area contributed by atoms with Crippen LogP contribution in [0.1, 0.15) is 31.3 Å². The second kappa shape index (κ2) is 9.27. The van der Waals surface area contributed by atoms with Crippen LogP contribution in [0, 0.1) is 5.92 Å². The molecule has 1 amide bonds. The Labute approximate surface area is 167 Å². The molecule has 1 aromatic carbocycles. The molecule has 0 aliphatic heterocycles. The van der Waals surface area contributed by atoms with Gasteiger partial charge < -0.3 is 19.9 Å². The number of hydrogen-bond acceptors (Lipinski definition) is 5. The van der Waals surface area contributed by atoms with Crippen molar-refractivity contribution in [2.75, 3.05) is 19.4 Å². The number of imidazole rings is 1. The SMILES string of the molecule is CC(C)[C@H](NC(O)Nc1ccc(C(F)(F)F)cc1)c1nccn1CC(=O)N(C)C. The minimum absolute atomic E-state index is 0.00895. The van der Waals surface area contributed by atoms with Crippen LogP contribution in [-0.4, -0.2) is 45.9 Å². The standard InChI is InChI=1S/C19H26F3N5O2/c1-12(2)16(17-23-9-10-27(17)11-15(28)26(3)4)25-18(29)24-14-7-5-13(6-8-14)19(20,21)22/h5-10,12,16,18,24-25,29H,11H2,1-4H3/t16-,18?/m0/s1. The first-order valence-electron chi connectivity index (χ1n) is 9.08. The molecule has 0 fully saturated rings. The molecule has 1 heterocycles. The molecule has 0 aliphatic rings. The van der Waals surface area contributed by atoms with Crippen LogP contribution in [0.2, 0.25) is 0 Å². The first-order valence-corrected chi connectivity index (χ1v) is 9.08. The summed E-state index contributed by atoms with van der Waals surface area (Å²) in [5.74, 6) is 0.480. The minimum atomic E-state index is -4.42. The van der Waals surface area contributed by atoms with Crippen molar-refractivity contribution in [3.63, 3.8) is 0 Å². The highest BCUT2D eigenvalue weighted by atomic mass is 19.4. The van der Waals surface area contributed by atoms with Gasteiger partial charge in [-0.1, -0.05) is 13.8 Å². The number of aromatic nitrogens is 2. The molecule has 0 aliphatic carbocycles. The highest BCUT2D eigenvalue weighted by Crippen LogP contribution is 2.30. The smallest absolute Gasteiger partial charge is 0.361 e. The first-order chi connectivity index (χ1) is 13.5. The Morgan fingerprint density at radius 2 is 1.86 bits per heavy atom. The van der Waals surface area contributed by atoms with Crippen LogP contribution in [0.3, 0.4) is 0 Å². The lowest BCUT2D eigenvalue weighted by atomic mass is 10.0. The number of nitrogens with one attached hydrogen (secondary N) is 2. The van der Waals surface area contributed by atoms with E-state index in [9.17, 15) is 23.1 Å². The van der Waals surface area contributed by atoms with Gasteiger partial charge in [0.25, 0.3) is 0 Å². The maximum atomic E-state index is 12.7. The lowest BCUT2D eigenvalue weighted by Gasteiger charge is -2.27. The van der Waals surface area contributed by atoms with Crippen molar-refractivity contribution in [2.45, 2.75) is 39.0 Å². The average Bonchev–Trinajstić information content (AvgIpc) is 3.06. The fourth-order valence-corrected chi connectivity index (χ4v) is 2.71. The molecule has 2 rings (SSSR count). The molecule has 1 unspecified atom stereocenters. The molecule has 3 N–H and O–H groups in total. The molecule has 0 saturated heterocycles. The van der Waals surface area contributed by atoms with Crippen LogP contribution in [-0.2, 0) is 17.5 Å². The van der Waals surface area contributed by atoms with E-state index in [0.29, 0.717) is 11.5 Å². The topological polar surface area (TPSA) is 82.4 Å².